The van der Waals surface area contributed by atoms with E-state index in [-0.39, 0.29) is 5.91 Å². The van der Waals surface area contributed by atoms with Gasteiger partial charge < -0.3 is 9.42 Å². The number of piperazine rings is 1. The van der Waals surface area contributed by atoms with E-state index in [1.54, 1.807) is 13.1 Å². The van der Waals surface area contributed by atoms with Crippen LogP contribution in [0.25, 0.3) is 0 Å². The highest BCUT2D eigenvalue weighted by Gasteiger charge is 2.25. The summed E-state index contributed by atoms with van der Waals surface area (Å²) in [6.07, 6.45) is 2.70. The second kappa shape index (κ2) is 7.12. The summed E-state index contributed by atoms with van der Waals surface area (Å²) in [5.74, 6) is 1.35. The molecule has 24 heavy (non-hydrogen) atoms. The number of carbonyl (C=O) groups is 1. The lowest BCUT2D eigenvalue weighted by Crippen LogP contribution is -2.48. The molecular formula is C16H24N6O2. The Labute approximate surface area is 141 Å². The molecule has 0 spiro atoms. The summed E-state index contributed by atoms with van der Waals surface area (Å²) in [5, 5.41) is 8.25. The van der Waals surface area contributed by atoms with Gasteiger partial charge in [-0.2, -0.15) is 10.1 Å². The largest absolute Gasteiger partial charge is 0.340 e. The van der Waals surface area contributed by atoms with Crippen LogP contribution in [-0.4, -0.2) is 61.8 Å². The number of rotatable bonds is 5. The van der Waals surface area contributed by atoms with Gasteiger partial charge >= 0.3 is 0 Å². The number of hydrogen-bond acceptors (Lipinski definition) is 6. The van der Waals surface area contributed by atoms with E-state index in [1.807, 2.05) is 16.5 Å². The van der Waals surface area contributed by atoms with Crippen LogP contribution in [0.1, 0.15) is 41.1 Å². The third-order valence-electron chi connectivity index (χ3n) is 4.36. The Kier molecular flexibility index (Phi) is 4.94. The van der Waals surface area contributed by atoms with E-state index in [0.717, 1.165) is 31.7 Å². The van der Waals surface area contributed by atoms with Crippen molar-refractivity contribution in [1.29, 1.82) is 0 Å². The second-order valence-electron chi connectivity index (χ2n) is 6.16. The molecule has 8 nitrogen and oxygen atoms in total. The molecule has 0 aromatic carbocycles. The lowest BCUT2D eigenvalue weighted by Gasteiger charge is -2.34. The van der Waals surface area contributed by atoms with Gasteiger partial charge in [0, 0.05) is 45.3 Å². The summed E-state index contributed by atoms with van der Waals surface area (Å²) in [7, 11) is 0. The summed E-state index contributed by atoms with van der Waals surface area (Å²) in [4.78, 5) is 21.1. The van der Waals surface area contributed by atoms with Crippen molar-refractivity contribution in [2.75, 3.05) is 26.2 Å². The van der Waals surface area contributed by atoms with Gasteiger partial charge in [0.15, 0.2) is 5.82 Å². The third-order valence-corrected chi connectivity index (χ3v) is 4.36. The van der Waals surface area contributed by atoms with Gasteiger partial charge in [0.1, 0.15) is 0 Å². The second-order valence-corrected chi connectivity index (χ2v) is 6.16. The number of nitrogens with zero attached hydrogens (tertiary/aromatic N) is 6. The number of aryl methyl sites for hydroxylation is 2. The average molecular weight is 332 g/mol. The van der Waals surface area contributed by atoms with Crippen molar-refractivity contribution >= 4 is 5.91 Å². The fraction of sp³-hybridized carbons (Fsp3) is 0.625. The van der Waals surface area contributed by atoms with E-state index in [2.05, 4.69) is 27.1 Å². The number of aromatic nitrogens is 4. The van der Waals surface area contributed by atoms with Crippen LogP contribution in [0.2, 0.25) is 0 Å². The Bertz CT molecular complexity index is 699. The van der Waals surface area contributed by atoms with Crippen LogP contribution in [0.5, 0.6) is 0 Å². The summed E-state index contributed by atoms with van der Waals surface area (Å²) in [6, 6.07) is 0. The van der Waals surface area contributed by atoms with Gasteiger partial charge in [0.05, 0.1) is 18.3 Å². The van der Waals surface area contributed by atoms with Crippen LogP contribution in [0.3, 0.4) is 0 Å². The van der Waals surface area contributed by atoms with E-state index in [0.29, 0.717) is 36.9 Å². The van der Waals surface area contributed by atoms with Gasteiger partial charge in [-0.3, -0.25) is 14.4 Å². The maximum atomic E-state index is 12.7. The molecule has 1 fully saturated rings. The molecule has 2 aromatic rings. The number of hydrogen-bond donors (Lipinski definition) is 0. The minimum atomic E-state index is 0.0740. The predicted octanol–water partition coefficient (Wildman–Crippen LogP) is 1.25. The van der Waals surface area contributed by atoms with Crippen molar-refractivity contribution in [2.45, 2.75) is 40.3 Å². The minimum absolute atomic E-state index is 0.0740. The topological polar surface area (TPSA) is 80.3 Å². The molecule has 0 saturated carbocycles. The summed E-state index contributed by atoms with van der Waals surface area (Å²) in [5.41, 5.74) is 1.66. The highest BCUT2D eigenvalue weighted by atomic mass is 16.5. The molecule has 8 heteroatoms. The maximum absolute atomic E-state index is 12.7. The van der Waals surface area contributed by atoms with Gasteiger partial charge in [0.2, 0.25) is 5.89 Å². The first-order valence-electron chi connectivity index (χ1n) is 8.41. The van der Waals surface area contributed by atoms with Crippen molar-refractivity contribution in [1.82, 2.24) is 29.7 Å². The zero-order valence-electron chi connectivity index (χ0n) is 14.5. The van der Waals surface area contributed by atoms with Gasteiger partial charge in [-0.05, 0) is 13.3 Å². The Balaban J connectivity index is 1.57. The van der Waals surface area contributed by atoms with Crippen LogP contribution >= 0.6 is 0 Å². The molecule has 1 amide bonds. The Morgan fingerprint density at radius 1 is 1.25 bits per heavy atom. The number of amides is 1. The molecule has 0 bridgehead atoms. The number of carbonyl (C=O) groups excluding carboxylic acids is 1. The molecule has 1 aliphatic rings. The zero-order valence-corrected chi connectivity index (χ0v) is 14.5. The lowest BCUT2D eigenvalue weighted by molar-refractivity contribution is 0.0623. The molecule has 0 N–H and O–H groups in total. The van der Waals surface area contributed by atoms with Gasteiger partial charge in [-0.1, -0.05) is 12.1 Å². The fourth-order valence-corrected chi connectivity index (χ4v) is 2.98. The molecular weight excluding hydrogens is 308 g/mol. The molecule has 0 radical (unpaired) electrons. The van der Waals surface area contributed by atoms with Crippen molar-refractivity contribution in [3.05, 3.63) is 29.2 Å². The molecule has 1 saturated heterocycles. The van der Waals surface area contributed by atoms with E-state index < -0.39 is 0 Å². The van der Waals surface area contributed by atoms with Crippen molar-refractivity contribution in [3.8, 4) is 0 Å². The quantitative estimate of drug-likeness (QED) is 0.820. The molecule has 0 aliphatic carbocycles. The first-order valence-corrected chi connectivity index (χ1v) is 8.41. The predicted molar refractivity (Wildman–Crippen MR) is 87.5 cm³/mol. The van der Waals surface area contributed by atoms with Crippen LogP contribution in [0, 0.1) is 13.8 Å². The van der Waals surface area contributed by atoms with Crippen LogP contribution < -0.4 is 0 Å². The van der Waals surface area contributed by atoms with Crippen LogP contribution in [0.15, 0.2) is 10.7 Å². The standard InChI is InChI=1S/C16H24N6O2/c1-4-5-22-12(2)14(10-17-22)16(23)21-8-6-20(7-9-21)11-15-18-13(3)24-19-15/h10H,4-9,11H2,1-3H3. The third kappa shape index (κ3) is 3.48. The fourth-order valence-electron chi connectivity index (χ4n) is 2.98. The average Bonchev–Trinajstić information content (AvgIpc) is 3.14. The first kappa shape index (κ1) is 16.6. The van der Waals surface area contributed by atoms with Crippen molar-refractivity contribution in [3.63, 3.8) is 0 Å². The lowest BCUT2D eigenvalue weighted by atomic mass is 10.2. The minimum Gasteiger partial charge on any atom is -0.340 e. The van der Waals surface area contributed by atoms with Crippen molar-refractivity contribution < 1.29 is 9.32 Å². The van der Waals surface area contributed by atoms with E-state index in [9.17, 15) is 4.79 Å². The molecule has 1 aliphatic heterocycles. The monoisotopic (exact) mass is 332 g/mol. The van der Waals surface area contributed by atoms with E-state index in [4.69, 9.17) is 4.52 Å². The Morgan fingerprint density at radius 2 is 2.00 bits per heavy atom. The highest BCUT2D eigenvalue weighted by molar-refractivity contribution is 5.95. The summed E-state index contributed by atoms with van der Waals surface area (Å²) in [6.45, 7) is 10.4. The summed E-state index contributed by atoms with van der Waals surface area (Å²) >= 11 is 0. The Morgan fingerprint density at radius 3 is 2.62 bits per heavy atom. The van der Waals surface area contributed by atoms with Crippen molar-refractivity contribution in [2.24, 2.45) is 0 Å². The smallest absolute Gasteiger partial charge is 0.257 e. The molecule has 3 heterocycles. The molecule has 0 unspecified atom stereocenters. The van der Waals surface area contributed by atoms with Gasteiger partial charge in [-0.25, -0.2) is 0 Å². The normalized spacial score (nSPS) is 15.9. The maximum Gasteiger partial charge on any atom is 0.257 e. The van der Waals surface area contributed by atoms with Crippen LogP contribution in [-0.2, 0) is 13.1 Å². The molecule has 0 atom stereocenters. The molecule has 2 aromatic heterocycles. The van der Waals surface area contributed by atoms with E-state index in [1.165, 1.54) is 0 Å². The van der Waals surface area contributed by atoms with Gasteiger partial charge in [-0.15, -0.1) is 0 Å². The zero-order chi connectivity index (χ0) is 17.1. The highest BCUT2D eigenvalue weighted by Crippen LogP contribution is 2.14. The van der Waals surface area contributed by atoms with Gasteiger partial charge in [0.25, 0.3) is 5.91 Å². The summed E-state index contributed by atoms with van der Waals surface area (Å²) < 4.78 is 6.90. The first-order chi connectivity index (χ1) is 11.6. The SMILES string of the molecule is CCCn1ncc(C(=O)N2CCN(Cc3noc(C)n3)CC2)c1C. The molecule has 3 rings (SSSR count). The Hall–Kier alpha value is -2.22. The van der Waals surface area contributed by atoms with E-state index >= 15 is 0 Å². The molecule has 130 valence electrons. The van der Waals surface area contributed by atoms with Crippen LogP contribution in [0.4, 0.5) is 0 Å².